The van der Waals surface area contributed by atoms with Crippen LogP contribution in [0.1, 0.15) is 11.1 Å². The standard InChI is InChI=1S/C16H15N3O2/c17-19-18-10-4-7-13-8-9-15(20)16(11-13)21-12-14-5-2-1-3-6-14/h1-9,11,20H,10,12H2. The number of benzene rings is 2. The third kappa shape index (κ3) is 4.60. The van der Waals surface area contributed by atoms with Crippen molar-refractivity contribution in [1.82, 2.24) is 0 Å². The molecule has 0 aliphatic heterocycles. The van der Waals surface area contributed by atoms with E-state index in [9.17, 15) is 5.11 Å². The number of hydrogen-bond acceptors (Lipinski definition) is 3. The molecule has 0 aromatic heterocycles. The molecule has 2 aromatic carbocycles. The van der Waals surface area contributed by atoms with E-state index in [2.05, 4.69) is 10.0 Å². The summed E-state index contributed by atoms with van der Waals surface area (Å²) in [5, 5.41) is 13.2. The lowest BCUT2D eigenvalue weighted by atomic mass is 10.2. The average Bonchev–Trinajstić information content (AvgIpc) is 2.53. The number of hydrogen-bond donors (Lipinski definition) is 1. The lowest BCUT2D eigenvalue weighted by Crippen LogP contribution is -1.95. The molecule has 5 heteroatoms. The van der Waals surface area contributed by atoms with Crippen LogP contribution in [0, 0.1) is 0 Å². The molecule has 0 saturated heterocycles. The summed E-state index contributed by atoms with van der Waals surface area (Å²) in [6.07, 6.45) is 3.55. The minimum Gasteiger partial charge on any atom is -0.504 e. The molecule has 0 unspecified atom stereocenters. The fourth-order valence-electron chi connectivity index (χ4n) is 1.76. The van der Waals surface area contributed by atoms with Gasteiger partial charge in [0.25, 0.3) is 0 Å². The normalized spacial score (nSPS) is 10.3. The molecule has 106 valence electrons. The summed E-state index contributed by atoms with van der Waals surface area (Å²) in [7, 11) is 0. The van der Waals surface area contributed by atoms with Gasteiger partial charge >= 0.3 is 0 Å². The molecule has 0 aliphatic rings. The SMILES string of the molecule is [N-]=[N+]=NCC=Cc1ccc(O)c(OCc2ccccc2)c1. The van der Waals surface area contributed by atoms with Crippen molar-refractivity contribution in [3.8, 4) is 11.5 Å². The van der Waals surface area contributed by atoms with Gasteiger partial charge in [0.05, 0.1) is 0 Å². The van der Waals surface area contributed by atoms with Gasteiger partial charge in [-0.3, -0.25) is 0 Å². The zero-order valence-electron chi connectivity index (χ0n) is 11.4. The van der Waals surface area contributed by atoms with Gasteiger partial charge in [-0.15, -0.1) is 0 Å². The van der Waals surface area contributed by atoms with Crippen molar-refractivity contribution in [3.63, 3.8) is 0 Å². The lowest BCUT2D eigenvalue weighted by molar-refractivity contribution is 0.289. The molecular formula is C16H15N3O2. The number of rotatable bonds is 6. The Labute approximate surface area is 122 Å². The summed E-state index contributed by atoms with van der Waals surface area (Å²) in [5.41, 5.74) is 10.1. The number of ether oxygens (including phenoxy) is 1. The van der Waals surface area contributed by atoms with Gasteiger partial charge in [0.1, 0.15) is 6.61 Å². The number of phenolic OH excluding ortho intramolecular Hbond substituents is 1. The fourth-order valence-corrected chi connectivity index (χ4v) is 1.76. The Morgan fingerprint density at radius 3 is 2.76 bits per heavy atom. The van der Waals surface area contributed by atoms with Crippen molar-refractivity contribution < 1.29 is 9.84 Å². The van der Waals surface area contributed by atoms with Gasteiger partial charge < -0.3 is 9.84 Å². The third-order valence-electron chi connectivity index (χ3n) is 2.78. The van der Waals surface area contributed by atoms with Crippen LogP contribution in [0.5, 0.6) is 11.5 Å². The van der Waals surface area contributed by atoms with E-state index in [1.54, 1.807) is 24.3 Å². The van der Waals surface area contributed by atoms with Crippen molar-refractivity contribution >= 4 is 6.08 Å². The van der Waals surface area contributed by atoms with E-state index < -0.39 is 0 Å². The molecule has 0 saturated carbocycles. The van der Waals surface area contributed by atoms with Gasteiger partial charge in [-0.1, -0.05) is 53.7 Å². The minimum absolute atomic E-state index is 0.0955. The van der Waals surface area contributed by atoms with Gasteiger partial charge in [-0.2, -0.15) is 0 Å². The highest BCUT2D eigenvalue weighted by Gasteiger charge is 2.03. The fraction of sp³-hybridized carbons (Fsp3) is 0.125. The first-order valence-corrected chi connectivity index (χ1v) is 6.47. The van der Waals surface area contributed by atoms with E-state index in [0.29, 0.717) is 12.4 Å². The first-order chi connectivity index (χ1) is 10.3. The van der Waals surface area contributed by atoms with Crippen LogP contribution < -0.4 is 4.74 Å². The molecule has 5 nitrogen and oxygen atoms in total. The zero-order valence-corrected chi connectivity index (χ0v) is 11.4. The molecule has 2 rings (SSSR count). The molecule has 0 heterocycles. The zero-order chi connectivity index (χ0) is 14.9. The summed E-state index contributed by atoms with van der Waals surface area (Å²) in [6.45, 7) is 0.678. The predicted octanol–water partition coefficient (Wildman–Crippen LogP) is 4.29. The molecule has 1 N–H and O–H groups in total. The van der Waals surface area contributed by atoms with E-state index in [-0.39, 0.29) is 12.3 Å². The van der Waals surface area contributed by atoms with Crippen molar-refractivity contribution in [2.45, 2.75) is 6.61 Å². The number of phenols is 1. The van der Waals surface area contributed by atoms with Gasteiger partial charge in [-0.05, 0) is 28.8 Å². The highest BCUT2D eigenvalue weighted by Crippen LogP contribution is 2.28. The Morgan fingerprint density at radius 2 is 2.00 bits per heavy atom. The third-order valence-corrected chi connectivity index (χ3v) is 2.78. The average molecular weight is 281 g/mol. The molecular weight excluding hydrogens is 266 g/mol. The van der Waals surface area contributed by atoms with Gasteiger partial charge in [0.15, 0.2) is 11.5 Å². The molecule has 0 bridgehead atoms. The maximum atomic E-state index is 9.81. The predicted molar refractivity (Wildman–Crippen MR) is 81.9 cm³/mol. The van der Waals surface area contributed by atoms with Gasteiger partial charge in [-0.25, -0.2) is 0 Å². The Kier molecular flexibility index (Phi) is 5.26. The second kappa shape index (κ2) is 7.62. The van der Waals surface area contributed by atoms with Crippen LogP contribution in [0.25, 0.3) is 16.5 Å². The van der Waals surface area contributed by atoms with Crippen LogP contribution in [0.15, 0.2) is 59.7 Å². The second-order valence-electron chi connectivity index (χ2n) is 4.32. The molecule has 2 aromatic rings. The highest BCUT2D eigenvalue weighted by atomic mass is 16.5. The van der Waals surface area contributed by atoms with E-state index in [1.165, 1.54) is 0 Å². The maximum Gasteiger partial charge on any atom is 0.162 e. The molecule has 21 heavy (non-hydrogen) atoms. The van der Waals surface area contributed by atoms with E-state index in [1.807, 2.05) is 36.4 Å². The lowest BCUT2D eigenvalue weighted by Gasteiger charge is -2.09. The first kappa shape index (κ1) is 14.5. The maximum absolute atomic E-state index is 9.81. The smallest absolute Gasteiger partial charge is 0.162 e. The molecule has 0 spiro atoms. The van der Waals surface area contributed by atoms with Gasteiger partial charge in [0, 0.05) is 11.5 Å². The second-order valence-corrected chi connectivity index (χ2v) is 4.32. The van der Waals surface area contributed by atoms with E-state index in [0.717, 1.165) is 11.1 Å². The summed E-state index contributed by atoms with van der Waals surface area (Å²) < 4.78 is 5.63. The van der Waals surface area contributed by atoms with Crippen LogP contribution in [0.4, 0.5) is 0 Å². The highest BCUT2D eigenvalue weighted by molar-refractivity contribution is 5.55. The Morgan fingerprint density at radius 1 is 1.19 bits per heavy atom. The summed E-state index contributed by atoms with van der Waals surface area (Å²) in [5.74, 6) is 0.517. The van der Waals surface area contributed by atoms with Crippen LogP contribution in [-0.4, -0.2) is 11.7 Å². The van der Waals surface area contributed by atoms with Gasteiger partial charge in [0.2, 0.25) is 0 Å². The van der Waals surface area contributed by atoms with Crippen molar-refractivity contribution in [2.24, 2.45) is 5.11 Å². The van der Waals surface area contributed by atoms with Crippen LogP contribution >= 0.6 is 0 Å². The monoisotopic (exact) mass is 281 g/mol. The largest absolute Gasteiger partial charge is 0.504 e. The van der Waals surface area contributed by atoms with Crippen LogP contribution in [0.2, 0.25) is 0 Å². The number of aromatic hydroxyl groups is 1. The Balaban J connectivity index is 2.05. The molecule has 0 fully saturated rings. The summed E-state index contributed by atoms with van der Waals surface area (Å²) in [4.78, 5) is 2.67. The number of azide groups is 1. The molecule has 0 amide bonds. The topological polar surface area (TPSA) is 78.2 Å². The quantitative estimate of drug-likeness (QED) is 0.487. The summed E-state index contributed by atoms with van der Waals surface area (Å²) in [6, 6.07) is 14.8. The first-order valence-electron chi connectivity index (χ1n) is 6.47. The summed E-state index contributed by atoms with van der Waals surface area (Å²) >= 11 is 0. The van der Waals surface area contributed by atoms with E-state index >= 15 is 0 Å². The van der Waals surface area contributed by atoms with Crippen molar-refractivity contribution in [1.29, 1.82) is 0 Å². The van der Waals surface area contributed by atoms with Crippen LogP contribution in [0.3, 0.4) is 0 Å². The molecule has 0 radical (unpaired) electrons. The molecule has 0 aliphatic carbocycles. The number of nitrogens with zero attached hydrogens (tertiary/aromatic N) is 3. The van der Waals surface area contributed by atoms with E-state index in [4.69, 9.17) is 10.3 Å². The van der Waals surface area contributed by atoms with Crippen molar-refractivity contribution in [3.05, 3.63) is 76.2 Å². The van der Waals surface area contributed by atoms with Crippen LogP contribution in [-0.2, 0) is 6.61 Å². The minimum atomic E-state index is 0.0955. The van der Waals surface area contributed by atoms with Crippen molar-refractivity contribution in [2.75, 3.05) is 6.54 Å². The Bertz CT molecular complexity index is 662. The molecule has 0 atom stereocenters. The Hall–Kier alpha value is -2.91.